The van der Waals surface area contributed by atoms with Crippen molar-refractivity contribution in [3.8, 4) is 0 Å². The van der Waals surface area contributed by atoms with Crippen molar-refractivity contribution in [3.05, 3.63) is 47.6 Å². The van der Waals surface area contributed by atoms with Crippen molar-refractivity contribution in [1.82, 2.24) is 10.1 Å². The zero-order valence-corrected chi connectivity index (χ0v) is 12.1. The molecular formula is C16H21N3O2. The third kappa shape index (κ3) is 3.68. The van der Waals surface area contributed by atoms with E-state index in [0.717, 1.165) is 44.7 Å². The number of aromatic nitrogens is 2. The Hall–Kier alpha value is -1.72. The molecule has 0 amide bonds. The zero-order valence-electron chi connectivity index (χ0n) is 12.1. The van der Waals surface area contributed by atoms with E-state index in [2.05, 4.69) is 22.3 Å². The molecule has 21 heavy (non-hydrogen) atoms. The van der Waals surface area contributed by atoms with Gasteiger partial charge < -0.3 is 15.0 Å². The summed E-state index contributed by atoms with van der Waals surface area (Å²) in [4.78, 5) is 4.46. The Morgan fingerprint density at radius 2 is 1.90 bits per heavy atom. The lowest BCUT2D eigenvalue weighted by atomic mass is 9.92. The monoisotopic (exact) mass is 287 g/mol. The second-order valence-corrected chi connectivity index (χ2v) is 5.51. The fraction of sp³-hybridized carbons (Fsp3) is 0.500. The van der Waals surface area contributed by atoms with Gasteiger partial charge in [-0.1, -0.05) is 35.5 Å². The summed E-state index contributed by atoms with van der Waals surface area (Å²) in [5, 5.41) is 4.05. The normalized spacial score (nSPS) is 17.8. The topological polar surface area (TPSA) is 74.2 Å². The molecule has 0 saturated carbocycles. The van der Waals surface area contributed by atoms with Crippen LogP contribution in [-0.2, 0) is 17.6 Å². The lowest BCUT2D eigenvalue weighted by Crippen LogP contribution is -2.27. The van der Waals surface area contributed by atoms with Gasteiger partial charge in [0.2, 0.25) is 5.89 Å². The van der Waals surface area contributed by atoms with Gasteiger partial charge in [-0.25, -0.2) is 0 Å². The van der Waals surface area contributed by atoms with Gasteiger partial charge in [0.25, 0.3) is 0 Å². The van der Waals surface area contributed by atoms with Gasteiger partial charge in [-0.15, -0.1) is 0 Å². The predicted molar refractivity (Wildman–Crippen MR) is 78.6 cm³/mol. The highest BCUT2D eigenvalue weighted by atomic mass is 16.5. The maximum absolute atomic E-state index is 6.24. The Bertz CT molecular complexity index is 550. The number of benzene rings is 1. The Labute approximate surface area is 124 Å². The molecule has 0 aliphatic carbocycles. The minimum atomic E-state index is -0.174. The first-order valence-corrected chi connectivity index (χ1v) is 7.52. The lowest BCUT2D eigenvalue weighted by Gasteiger charge is -2.25. The molecule has 2 aromatic rings. The van der Waals surface area contributed by atoms with E-state index in [1.165, 1.54) is 5.56 Å². The molecule has 0 spiro atoms. The molecule has 2 heterocycles. The third-order valence-corrected chi connectivity index (χ3v) is 4.02. The van der Waals surface area contributed by atoms with Crippen molar-refractivity contribution in [2.75, 3.05) is 13.2 Å². The highest BCUT2D eigenvalue weighted by Crippen LogP contribution is 2.27. The minimum absolute atomic E-state index is 0.174. The molecule has 1 aliphatic rings. The molecule has 1 atom stereocenters. The summed E-state index contributed by atoms with van der Waals surface area (Å²) in [6.07, 6.45) is 3.60. The summed E-state index contributed by atoms with van der Waals surface area (Å²) < 4.78 is 10.7. The SMILES string of the molecule is N[C@@H](c1nc(CCc2ccccc2)no1)C1CCOCC1. The van der Waals surface area contributed by atoms with Gasteiger partial charge >= 0.3 is 0 Å². The van der Waals surface area contributed by atoms with Crippen LogP contribution in [0, 0.1) is 5.92 Å². The van der Waals surface area contributed by atoms with E-state index >= 15 is 0 Å². The summed E-state index contributed by atoms with van der Waals surface area (Å²) in [6.45, 7) is 1.54. The fourth-order valence-corrected chi connectivity index (χ4v) is 2.68. The van der Waals surface area contributed by atoms with Crippen LogP contribution in [-0.4, -0.2) is 23.4 Å². The maximum atomic E-state index is 6.24. The number of hydrogen-bond donors (Lipinski definition) is 1. The lowest BCUT2D eigenvalue weighted by molar-refractivity contribution is 0.0546. The molecule has 112 valence electrons. The minimum Gasteiger partial charge on any atom is -0.381 e. The summed E-state index contributed by atoms with van der Waals surface area (Å²) in [6, 6.07) is 10.1. The maximum Gasteiger partial charge on any atom is 0.243 e. The number of ether oxygens (including phenoxy) is 1. The highest BCUT2D eigenvalue weighted by molar-refractivity contribution is 5.15. The first-order chi connectivity index (χ1) is 10.3. The molecule has 5 nitrogen and oxygen atoms in total. The predicted octanol–water partition coefficient (Wildman–Crippen LogP) is 2.28. The van der Waals surface area contributed by atoms with Gasteiger partial charge in [-0.3, -0.25) is 0 Å². The van der Waals surface area contributed by atoms with Crippen molar-refractivity contribution in [2.45, 2.75) is 31.7 Å². The van der Waals surface area contributed by atoms with Gasteiger partial charge in [-0.2, -0.15) is 4.98 Å². The molecule has 1 saturated heterocycles. The van der Waals surface area contributed by atoms with E-state index in [1.807, 2.05) is 18.2 Å². The van der Waals surface area contributed by atoms with Crippen LogP contribution >= 0.6 is 0 Å². The van der Waals surface area contributed by atoms with Gasteiger partial charge in [0.15, 0.2) is 5.82 Å². The second-order valence-electron chi connectivity index (χ2n) is 5.51. The summed E-state index contributed by atoms with van der Waals surface area (Å²) in [5.41, 5.74) is 7.51. The Morgan fingerprint density at radius 1 is 1.14 bits per heavy atom. The summed E-state index contributed by atoms with van der Waals surface area (Å²) in [5.74, 6) is 1.67. The van der Waals surface area contributed by atoms with E-state index in [4.69, 9.17) is 15.0 Å². The van der Waals surface area contributed by atoms with Crippen LogP contribution in [0.1, 0.15) is 36.2 Å². The molecule has 1 fully saturated rings. The van der Waals surface area contributed by atoms with Crippen LogP contribution < -0.4 is 5.73 Å². The Kier molecular flexibility index (Phi) is 4.62. The third-order valence-electron chi connectivity index (χ3n) is 4.02. The molecule has 3 rings (SSSR count). The molecule has 1 aliphatic heterocycles. The number of aryl methyl sites for hydroxylation is 2. The fourth-order valence-electron chi connectivity index (χ4n) is 2.68. The number of nitrogens with zero attached hydrogens (tertiary/aromatic N) is 2. The van der Waals surface area contributed by atoms with Crippen molar-refractivity contribution in [2.24, 2.45) is 11.7 Å². The second kappa shape index (κ2) is 6.83. The van der Waals surface area contributed by atoms with Crippen molar-refractivity contribution < 1.29 is 9.26 Å². The Morgan fingerprint density at radius 3 is 2.67 bits per heavy atom. The van der Waals surface area contributed by atoms with Gasteiger partial charge in [0.1, 0.15) is 0 Å². The number of rotatable bonds is 5. The standard InChI is InChI=1S/C16H21N3O2/c17-15(13-8-10-20-11-9-13)16-18-14(19-21-16)7-6-12-4-2-1-3-5-12/h1-5,13,15H,6-11,17H2/t15-/m1/s1. The van der Waals surface area contributed by atoms with E-state index < -0.39 is 0 Å². The molecule has 0 unspecified atom stereocenters. The molecule has 0 radical (unpaired) electrons. The average Bonchev–Trinajstić information content (AvgIpc) is 3.03. The summed E-state index contributed by atoms with van der Waals surface area (Å²) in [7, 11) is 0. The zero-order chi connectivity index (χ0) is 14.5. The van der Waals surface area contributed by atoms with E-state index in [1.54, 1.807) is 0 Å². The van der Waals surface area contributed by atoms with Crippen LogP contribution in [0.2, 0.25) is 0 Å². The van der Waals surface area contributed by atoms with Crippen molar-refractivity contribution in [1.29, 1.82) is 0 Å². The van der Waals surface area contributed by atoms with E-state index in [9.17, 15) is 0 Å². The van der Waals surface area contributed by atoms with Gasteiger partial charge in [0, 0.05) is 19.6 Å². The number of hydrogen-bond acceptors (Lipinski definition) is 5. The quantitative estimate of drug-likeness (QED) is 0.913. The summed E-state index contributed by atoms with van der Waals surface area (Å²) >= 11 is 0. The molecular weight excluding hydrogens is 266 g/mol. The van der Waals surface area contributed by atoms with Gasteiger partial charge in [-0.05, 0) is 30.7 Å². The first-order valence-electron chi connectivity index (χ1n) is 7.52. The van der Waals surface area contributed by atoms with Crippen LogP contribution in [0.5, 0.6) is 0 Å². The molecule has 2 N–H and O–H groups in total. The smallest absolute Gasteiger partial charge is 0.243 e. The molecule has 0 bridgehead atoms. The van der Waals surface area contributed by atoms with Gasteiger partial charge in [0.05, 0.1) is 6.04 Å². The number of nitrogens with two attached hydrogens (primary N) is 1. The first kappa shape index (κ1) is 14.2. The largest absolute Gasteiger partial charge is 0.381 e. The Balaban J connectivity index is 1.58. The van der Waals surface area contributed by atoms with Crippen molar-refractivity contribution in [3.63, 3.8) is 0 Å². The van der Waals surface area contributed by atoms with Crippen molar-refractivity contribution >= 4 is 0 Å². The highest BCUT2D eigenvalue weighted by Gasteiger charge is 2.26. The van der Waals surface area contributed by atoms with E-state index in [0.29, 0.717) is 11.8 Å². The van der Waals surface area contributed by atoms with Crippen LogP contribution in [0.4, 0.5) is 0 Å². The molecule has 1 aromatic heterocycles. The van der Waals surface area contributed by atoms with Crippen LogP contribution in [0.3, 0.4) is 0 Å². The van der Waals surface area contributed by atoms with E-state index in [-0.39, 0.29) is 6.04 Å². The van der Waals surface area contributed by atoms with Crippen LogP contribution in [0.25, 0.3) is 0 Å². The molecule has 1 aromatic carbocycles. The average molecular weight is 287 g/mol. The molecule has 5 heteroatoms. The van der Waals surface area contributed by atoms with Crippen LogP contribution in [0.15, 0.2) is 34.9 Å².